The summed E-state index contributed by atoms with van der Waals surface area (Å²) in [6.45, 7) is 2.07. The Hall–Kier alpha value is -1.12. The van der Waals surface area contributed by atoms with Crippen molar-refractivity contribution in [1.29, 1.82) is 0 Å². The van der Waals surface area contributed by atoms with E-state index in [1.54, 1.807) is 6.08 Å². The Kier molecular flexibility index (Phi) is 1.37. The van der Waals surface area contributed by atoms with Gasteiger partial charge in [0.25, 0.3) is 0 Å². The minimum atomic E-state index is -0.882. The first-order valence-corrected chi connectivity index (χ1v) is 4.11. The van der Waals surface area contributed by atoms with Crippen LogP contribution in [0.3, 0.4) is 0 Å². The maximum absolute atomic E-state index is 11.0. The average Bonchev–Trinajstić information content (AvgIpc) is 2.06. The number of rotatable bonds is 0. The highest BCUT2D eigenvalue weighted by atomic mass is 16.6. The molecule has 1 unspecified atom stereocenters. The van der Waals surface area contributed by atoms with Gasteiger partial charge in [-0.05, 0) is 18.8 Å². The summed E-state index contributed by atoms with van der Waals surface area (Å²) < 4.78 is 4.34. The molecule has 64 valence electrons. The molecule has 2 aliphatic rings. The standard InChI is InChI=1S/C9H10O3/c1-6-2-4-9(5-3-6)7(10)12-8(9)11/h2,4,6H,3,5H2,1H3. The van der Waals surface area contributed by atoms with Gasteiger partial charge >= 0.3 is 11.9 Å². The Morgan fingerprint density at radius 1 is 1.50 bits per heavy atom. The molecule has 1 saturated heterocycles. The molecular weight excluding hydrogens is 156 g/mol. The topological polar surface area (TPSA) is 43.4 Å². The average molecular weight is 166 g/mol. The van der Waals surface area contributed by atoms with Gasteiger partial charge in [-0.1, -0.05) is 19.1 Å². The molecule has 0 bridgehead atoms. The molecule has 0 aromatic rings. The van der Waals surface area contributed by atoms with E-state index in [9.17, 15) is 9.59 Å². The van der Waals surface area contributed by atoms with E-state index < -0.39 is 5.41 Å². The van der Waals surface area contributed by atoms with E-state index in [0.717, 1.165) is 6.42 Å². The number of carbonyl (C=O) groups excluding carboxylic acids is 2. The zero-order valence-electron chi connectivity index (χ0n) is 6.87. The van der Waals surface area contributed by atoms with Gasteiger partial charge in [0.1, 0.15) is 0 Å². The minimum Gasteiger partial charge on any atom is -0.391 e. The van der Waals surface area contributed by atoms with E-state index in [-0.39, 0.29) is 11.9 Å². The van der Waals surface area contributed by atoms with Gasteiger partial charge in [-0.3, -0.25) is 0 Å². The first-order valence-electron chi connectivity index (χ1n) is 4.11. The van der Waals surface area contributed by atoms with Gasteiger partial charge in [-0.2, -0.15) is 0 Å². The van der Waals surface area contributed by atoms with Crippen LogP contribution < -0.4 is 0 Å². The van der Waals surface area contributed by atoms with Crippen LogP contribution in [0.25, 0.3) is 0 Å². The van der Waals surface area contributed by atoms with Crippen molar-refractivity contribution >= 4 is 11.9 Å². The predicted molar refractivity (Wildman–Crippen MR) is 41.1 cm³/mol. The zero-order chi connectivity index (χ0) is 8.77. The van der Waals surface area contributed by atoms with Gasteiger partial charge in [0.15, 0.2) is 5.41 Å². The summed E-state index contributed by atoms with van der Waals surface area (Å²) in [6.07, 6.45) is 5.12. The van der Waals surface area contributed by atoms with Crippen LogP contribution in [-0.4, -0.2) is 11.9 Å². The van der Waals surface area contributed by atoms with Gasteiger partial charge in [-0.25, -0.2) is 9.59 Å². The van der Waals surface area contributed by atoms with Crippen molar-refractivity contribution < 1.29 is 14.3 Å². The lowest BCUT2D eigenvalue weighted by Gasteiger charge is -2.36. The molecule has 0 aromatic carbocycles. The molecule has 2 rings (SSSR count). The fourth-order valence-electron chi connectivity index (χ4n) is 1.61. The number of ether oxygens (including phenoxy) is 1. The maximum atomic E-state index is 11.0. The van der Waals surface area contributed by atoms with Crippen LogP contribution in [0.5, 0.6) is 0 Å². The quantitative estimate of drug-likeness (QED) is 0.307. The monoisotopic (exact) mass is 166 g/mol. The number of hydrogen-bond acceptors (Lipinski definition) is 3. The van der Waals surface area contributed by atoms with Crippen molar-refractivity contribution in [2.45, 2.75) is 19.8 Å². The van der Waals surface area contributed by atoms with Crippen LogP contribution in [0.4, 0.5) is 0 Å². The summed E-state index contributed by atoms with van der Waals surface area (Å²) in [5, 5.41) is 0. The van der Waals surface area contributed by atoms with E-state index in [1.165, 1.54) is 0 Å². The molecule has 1 aliphatic heterocycles. The van der Waals surface area contributed by atoms with E-state index in [4.69, 9.17) is 0 Å². The van der Waals surface area contributed by atoms with Crippen LogP contribution in [0.15, 0.2) is 12.2 Å². The molecule has 0 aromatic heterocycles. The third-order valence-corrected chi connectivity index (χ3v) is 2.62. The van der Waals surface area contributed by atoms with Gasteiger partial charge in [0.05, 0.1) is 0 Å². The summed E-state index contributed by atoms with van der Waals surface area (Å²) in [4.78, 5) is 22.1. The molecule has 12 heavy (non-hydrogen) atoms. The summed E-state index contributed by atoms with van der Waals surface area (Å²) in [6, 6.07) is 0. The summed E-state index contributed by atoms with van der Waals surface area (Å²) in [5.74, 6) is -0.289. The Morgan fingerprint density at radius 2 is 2.17 bits per heavy atom. The maximum Gasteiger partial charge on any atom is 0.335 e. The van der Waals surface area contributed by atoms with Crippen molar-refractivity contribution in [3.63, 3.8) is 0 Å². The van der Waals surface area contributed by atoms with E-state index in [1.807, 2.05) is 6.08 Å². The third kappa shape index (κ3) is 0.763. The van der Waals surface area contributed by atoms with Crippen LogP contribution in [0.2, 0.25) is 0 Å². The molecule has 1 atom stereocenters. The zero-order valence-corrected chi connectivity index (χ0v) is 6.87. The number of carbonyl (C=O) groups is 2. The first kappa shape index (κ1) is 7.53. The smallest absolute Gasteiger partial charge is 0.335 e. The number of hydrogen-bond donors (Lipinski definition) is 0. The molecular formula is C9H10O3. The lowest BCUT2D eigenvalue weighted by molar-refractivity contribution is -0.192. The molecule has 3 nitrogen and oxygen atoms in total. The Labute approximate surface area is 70.4 Å². The second-order valence-electron chi connectivity index (χ2n) is 3.52. The molecule has 1 spiro atoms. The van der Waals surface area contributed by atoms with Crippen molar-refractivity contribution in [1.82, 2.24) is 0 Å². The molecule has 1 aliphatic carbocycles. The second kappa shape index (κ2) is 2.19. The van der Waals surface area contributed by atoms with Gasteiger partial charge in [-0.15, -0.1) is 0 Å². The SMILES string of the molecule is CC1C=CC2(CC1)C(=O)OC2=O. The van der Waals surface area contributed by atoms with Crippen LogP contribution in [-0.2, 0) is 14.3 Å². The second-order valence-corrected chi connectivity index (χ2v) is 3.52. The van der Waals surface area contributed by atoms with Crippen molar-refractivity contribution in [2.75, 3.05) is 0 Å². The fourth-order valence-corrected chi connectivity index (χ4v) is 1.61. The Bertz CT molecular complexity index is 263. The highest BCUT2D eigenvalue weighted by molar-refractivity contribution is 6.15. The van der Waals surface area contributed by atoms with Crippen molar-refractivity contribution in [3.05, 3.63) is 12.2 Å². The van der Waals surface area contributed by atoms with Gasteiger partial charge in [0.2, 0.25) is 0 Å². The van der Waals surface area contributed by atoms with Gasteiger partial charge in [0, 0.05) is 0 Å². The molecule has 0 amide bonds. The molecule has 0 N–H and O–H groups in total. The number of allylic oxidation sites excluding steroid dienone is 1. The predicted octanol–water partition coefficient (Wildman–Crippen LogP) is 1.04. The van der Waals surface area contributed by atoms with Crippen LogP contribution >= 0.6 is 0 Å². The fraction of sp³-hybridized carbons (Fsp3) is 0.556. The molecule has 1 heterocycles. The van der Waals surface area contributed by atoms with Crippen molar-refractivity contribution in [2.24, 2.45) is 11.3 Å². The first-order chi connectivity index (χ1) is 5.65. The van der Waals surface area contributed by atoms with Crippen LogP contribution in [0, 0.1) is 11.3 Å². The Balaban J connectivity index is 2.28. The lowest BCUT2D eigenvalue weighted by Crippen LogP contribution is -2.52. The van der Waals surface area contributed by atoms with Crippen molar-refractivity contribution in [3.8, 4) is 0 Å². The highest BCUT2D eigenvalue weighted by Crippen LogP contribution is 2.41. The van der Waals surface area contributed by atoms with Gasteiger partial charge < -0.3 is 4.74 Å². The molecule has 3 heteroatoms. The highest BCUT2D eigenvalue weighted by Gasteiger charge is 2.57. The normalized spacial score (nSPS) is 31.6. The minimum absolute atomic E-state index is 0.379. The van der Waals surface area contributed by atoms with E-state index in [0.29, 0.717) is 12.3 Å². The summed E-state index contributed by atoms with van der Waals surface area (Å²) >= 11 is 0. The third-order valence-electron chi connectivity index (χ3n) is 2.62. The van der Waals surface area contributed by atoms with Crippen LogP contribution in [0.1, 0.15) is 19.8 Å². The summed E-state index contributed by atoms with van der Waals surface area (Å²) in [5.41, 5.74) is -0.882. The van der Waals surface area contributed by atoms with E-state index >= 15 is 0 Å². The largest absolute Gasteiger partial charge is 0.391 e. The van der Waals surface area contributed by atoms with E-state index in [2.05, 4.69) is 11.7 Å². The molecule has 0 radical (unpaired) electrons. The Morgan fingerprint density at radius 3 is 2.58 bits per heavy atom. The number of esters is 2. The summed E-state index contributed by atoms with van der Waals surface area (Å²) in [7, 11) is 0. The molecule has 0 saturated carbocycles. The number of cyclic esters (lactones) is 2. The molecule has 1 fully saturated rings. The lowest BCUT2D eigenvalue weighted by atomic mass is 9.73.